The lowest BCUT2D eigenvalue weighted by Gasteiger charge is -2.38. The Morgan fingerprint density at radius 1 is 1.41 bits per heavy atom. The van der Waals surface area contributed by atoms with Gasteiger partial charge in [0.15, 0.2) is 0 Å². The Hall–Kier alpha value is -0.300. The first-order valence-corrected chi connectivity index (χ1v) is 6.52. The quantitative estimate of drug-likeness (QED) is 0.723. The second-order valence-corrected chi connectivity index (χ2v) is 5.65. The van der Waals surface area contributed by atoms with Crippen LogP contribution in [0.5, 0.6) is 0 Å². The summed E-state index contributed by atoms with van der Waals surface area (Å²) in [4.78, 5) is 13.5. The third kappa shape index (κ3) is 2.93. The van der Waals surface area contributed by atoms with E-state index in [0.717, 1.165) is 6.42 Å². The van der Waals surface area contributed by atoms with Gasteiger partial charge in [-0.2, -0.15) is 13.2 Å². The van der Waals surface area contributed by atoms with Gasteiger partial charge in [0.1, 0.15) is 4.83 Å². The van der Waals surface area contributed by atoms with Crippen molar-refractivity contribution in [3.63, 3.8) is 0 Å². The average Bonchev–Trinajstić information content (AvgIpc) is 2.59. The third-order valence-electron chi connectivity index (χ3n) is 3.35. The van der Waals surface area contributed by atoms with Crippen molar-refractivity contribution >= 4 is 21.8 Å². The molecule has 0 N–H and O–H groups in total. The van der Waals surface area contributed by atoms with Gasteiger partial charge in [0.2, 0.25) is 5.91 Å². The minimum atomic E-state index is -4.21. The van der Waals surface area contributed by atoms with Crippen LogP contribution in [0.1, 0.15) is 12.8 Å². The zero-order valence-corrected chi connectivity index (χ0v) is 10.8. The zero-order valence-electron chi connectivity index (χ0n) is 9.21. The molecular formula is C10H14BrF3N2O. The van der Waals surface area contributed by atoms with Gasteiger partial charge in [0.05, 0.1) is 0 Å². The summed E-state index contributed by atoms with van der Waals surface area (Å²) in [5, 5.41) is 0. The van der Waals surface area contributed by atoms with Crippen LogP contribution in [0.4, 0.5) is 13.2 Å². The number of amides is 1. The minimum Gasteiger partial charge on any atom is -0.337 e. The molecule has 2 rings (SSSR count). The topological polar surface area (TPSA) is 23.6 Å². The summed E-state index contributed by atoms with van der Waals surface area (Å²) in [5.41, 5.74) is 0. The van der Waals surface area contributed by atoms with Crippen molar-refractivity contribution in [3.8, 4) is 0 Å². The van der Waals surface area contributed by atoms with Crippen LogP contribution >= 0.6 is 15.9 Å². The van der Waals surface area contributed by atoms with Gasteiger partial charge in [-0.05, 0) is 6.42 Å². The first-order valence-electron chi connectivity index (χ1n) is 5.60. The number of nitrogens with zero attached hydrogens (tertiary/aromatic N) is 2. The van der Waals surface area contributed by atoms with Gasteiger partial charge in [-0.25, -0.2) is 0 Å². The molecule has 0 spiro atoms. The summed E-state index contributed by atoms with van der Waals surface area (Å²) in [6.45, 7) is 1.60. The normalized spacial score (nSPS) is 28.4. The molecule has 2 aliphatic rings. The molecular weight excluding hydrogens is 301 g/mol. The fourth-order valence-corrected chi connectivity index (χ4v) is 2.83. The van der Waals surface area contributed by atoms with Crippen LogP contribution in [0.3, 0.4) is 0 Å². The average molecular weight is 315 g/mol. The van der Waals surface area contributed by atoms with E-state index in [0.29, 0.717) is 26.1 Å². The van der Waals surface area contributed by atoms with E-state index in [2.05, 4.69) is 15.9 Å². The van der Waals surface area contributed by atoms with Crippen LogP contribution < -0.4 is 0 Å². The molecule has 0 saturated carbocycles. The Morgan fingerprint density at radius 3 is 2.76 bits per heavy atom. The number of carbonyl (C=O) groups is 1. The van der Waals surface area contributed by atoms with Crippen molar-refractivity contribution in [2.75, 3.05) is 26.2 Å². The molecule has 7 heteroatoms. The molecule has 0 bridgehead atoms. The van der Waals surface area contributed by atoms with Crippen LogP contribution in [0, 0.1) is 0 Å². The van der Waals surface area contributed by atoms with Crippen molar-refractivity contribution < 1.29 is 18.0 Å². The predicted octanol–water partition coefficient (Wildman–Crippen LogP) is 1.62. The Labute approximate surface area is 106 Å². The fraction of sp³-hybridized carbons (Fsp3) is 0.900. The summed E-state index contributed by atoms with van der Waals surface area (Å²) in [5.74, 6) is 0.140. The highest BCUT2D eigenvalue weighted by Gasteiger charge is 2.41. The van der Waals surface area contributed by atoms with Gasteiger partial charge in [-0.15, -0.1) is 0 Å². The Balaban J connectivity index is 1.87. The molecule has 17 heavy (non-hydrogen) atoms. The van der Waals surface area contributed by atoms with E-state index >= 15 is 0 Å². The first-order chi connectivity index (χ1) is 7.88. The van der Waals surface area contributed by atoms with Crippen molar-refractivity contribution in [2.45, 2.75) is 29.9 Å². The molecule has 0 aromatic rings. The minimum absolute atomic E-state index is 0.0397. The van der Waals surface area contributed by atoms with E-state index < -0.39 is 11.0 Å². The Bertz CT molecular complexity index is 310. The number of piperazine rings is 1. The summed E-state index contributed by atoms with van der Waals surface area (Å²) < 4.78 is 37.2. The Kier molecular flexibility index (Phi) is 3.68. The molecule has 2 unspecified atom stereocenters. The smallest absolute Gasteiger partial charge is 0.337 e. The van der Waals surface area contributed by atoms with Gasteiger partial charge in [0, 0.05) is 38.6 Å². The summed E-state index contributed by atoms with van der Waals surface area (Å²) in [6.07, 6.45) is -2.90. The molecule has 1 amide bonds. The summed E-state index contributed by atoms with van der Waals surface area (Å²) in [7, 11) is 0. The van der Waals surface area contributed by atoms with Gasteiger partial charge >= 0.3 is 6.18 Å². The van der Waals surface area contributed by atoms with Crippen LogP contribution in [0.25, 0.3) is 0 Å². The number of hydrogen-bond donors (Lipinski definition) is 0. The number of carbonyl (C=O) groups excluding carboxylic acids is 1. The molecule has 0 aliphatic carbocycles. The second-order valence-electron chi connectivity index (χ2n) is 4.55. The van der Waals surface area contributed by atoms with Crippen LogP contribution in [0.2, 0.25) is 0 Å². The molecule has 2 aliphatic heterocycles. The number of hydrogen-bond acceptors (Lipinski definition) is 2. The van der Waals surface area contributed by atoms with E-state index in [-0.39, 0.29) is 18.5 Å². The van der Waals surface area contributed by atoms with Crippen molar-refractivity contribution in [1.29, 1.82) is 0 Å². The highest BCUT2D eigenvalue weighted by Crippen LogP contribution is 2.29. The predicted molar refractivity (Wildman–Crippen MR) is 59.9 cm³/mol. The van der Waals surface area contributed by atoms with Crippen molar-refractivity contribution in [3.05, 3.63) is 0 Å². The molecule has 2 saturated heterocycles. The Morgan fingerprint density at radius 2 is 2.12 bits per heavy atom. The van der Waals surface area contributed by atoms with E-state index in [1.807, 2.05) is 0 Å². The number of halogens is 4. The van der Waals surface area contributed by atoms with Gasteiger partial charge < -0.3 is 4.90 Å². The lowest BCUT2D eigenvalue weighted by molar-refractivity contribution is -0.136. The highest BCUT2D eigenvalue weighted by molar-refractivity contribution is 9.09. The molecule has 0 aromatic heterocycles. The monoisotopic (exact) mass is 314 g/mol. The fourth-order valence-electron chi connectivity index (χ4n) is 2.42. The summed E-state index contributed by atoms with van der Waals surface area (Å²) >= 11 is 2.67. The van der Waals surface area contributed by atoms with E-state index in [9.17, 15) is 18.0 Å². The second kappa shape index (κ2) is 4.76. The van der Waals surface area contributed by atoms with Crippen LogP contribution in [-0.4, -0.2) is 58.9 Å². The van der Waals surface area contributed by atoms with Crippen molar-refractivity contribution in [2.24, 2.45) is 0 Å². The number of alkyl halides is 4. The molecule has 0 aromatic carbocycles. The zero-order chi connectivity index (χ0) is 12.6. The molecule has 98 valence electrons. The largest absolute Gasteiger partial charge is 0.402 e. The SMILES string of the molecule is O=C1CCC2CN(CC(Br)C(F)(F)F)CCN12. The molecule has 2 fully saturated rings. The van der Waals surface area contributed by atoms with E-state index in [1.165, 1.54) is 0 Å². The van der Waals surface area contributed by atoms with Gasteiger partial charge in [0.25, 0.3) is 0 Å². The number of rotatable bonds is 2. The molecule has 2 heterocycles. The molecule has 3 nitrogen and oxygen atoms in total. The highest BCUT2D eigenvalue weighted by atomic mass is 79.9. The number of fused-ring (bicyclic) bond motifs is 1. The molecule has 2 atom stereocenters. The van der Waals surface area contributed by atoms with Crippen molar-refractivity contribution in [1.82, 2.24) is 9.80 Å². The lowest BCUT2D eigenvalue weighted by Crippen LogP contribution is -2.53. The van der Waals surface area contributed by atoms with E-state index in [4.69, 9.17) is 0 Å². The standard InChI is InChI=1S/C10H14BrF3N2O/c11-8(10(12,13)14)6-15-3-4-16-7(5-15)1-2-9(16)17/h7-8H,1-6H2. The first kappa shape index (κ1) is 13.1. The van der Waals surface area contributed by atoms with Gasteiger partial charge in [-0.1, -0.05) is 15.9 Å². The van der Waals surface area contributed by atoms with Crippen LogP contribution in [0.15, 0.2) is 0 Å². The summed E-state index contributed by atoms with van der Waals surface area (Å²) in [6, 6.07) is 0.115. The third-order valence-corrected chi connectivity index (χ3v) is 4.16. The van der Waals surface area contributed by atoms with Gasteiger partial charge in [-0.3, -0.25) is 9.69 Å². The maximum Gasteiger partial charge on any atom is 0.402 e. The van der Waals surface area contributed by atoms with E-state index in [1.54, 1.807) is 9.80 Å². The maximum absolute atomic E-state index is 12.4. The van der Waals surface area contributed by atoms with Crippen LogP contribution in [-0.2, 0) is 4.79 Å². The molecule has 0 radical (unpaired) electrons. The lowest BCUT2D eigenvalue weighted by atomic mass is 10.1. The maximum atomic E-state index is 12.4.